The molecule has 0 unspecified atom stereocenters. The van der Waals surface area contributed by atoms with Gasteiger partial charge in [0.1, 0.15) is 6.33 Å². The van der Waals surface area contributed by atoms with Gasteiger partial charge < -0.3 is 10.1 Å². The average Bonchev–Trinajstić information content (AvgIpc) is 2.47. The minimum atomic E-state index is -4.62. The molecule has 0 aromatic carbocycles. The smallest absolute Gasteiger partial charge is 0.417 e. The summed E-state index contributed by atoms with van der Waals surface area (Å²) < 4.78 is 43.1. The molecular formula is C13H11ClF3N5O3. The fourth-order valence-corrected chi connectivity index (χ4v) is 1.94. The maximum absolute atomic E-state index is 12.6. The van der Waals surface area contributed by atoms with E-state index in [1.165, 1.54) is 0 Å². The average molecular weight is 378 g/mol. The molecule has 25 heavy (non-hydrogen) atoms. The molecule has 0 aliphatic carbocycles. The normalized spacial score (nSPS) is 11.5. The lowest BCUT2D eigenvalue weighted by Gasteiger charge is -2.12. The van der Waals surface area contributed by atoms with Crippen LogP contribution in [-0.2, 0) is 6.18 Å². The van der Waals surface area contributed by atoms with Crippen molar-refractivity contribution in [2.45, 2.75) is 26.1 Å². The predicted molar refractivity (Wildman–Crippen MR) is 82.0 cm³/mol. The van der Waals surface area contributed by atoms with E-state index in [-0.39, 0.29) is 22.5 Å². The van der Waals surface area contributed by atoms with Crippen LogP contribution in [-0.4, -0.2) is 26.0 Å². The Morgan fingerprint density at radius 1 is 1.28 bits per heavy atom. The van der Waals surface area contributed by atoms with Gasteiger partial charge >= 0.3 is 11.9 Å². The van der Waals surface area contributed by atoms with E-state index >= 15 is 0 Å². The van der Waals surface area contributed by atoms with Crippen molar-refractivity contribution in [3.8, 4) is 5.88 Å². The van der Waals surface area contributed by atoms with Gasteiger partial charge in [-0.15, -0.1) is 0 Å². The molecule has 0 spiro atoms. The maximum atomic E-state index is 12.6. The Labute approximate surface area is 144 Å². The molecule has 0 aliphatic rings. The highest BCUT2D eigenvalue weighted by Crippen LogP contribution is 2.36. The van der Waals surface area contributed by atoms with Crippen molar-refractivity contribution >= 4 is 28.9 Å². The first-order valence-corrected chi connectivity index (χ1v) is 7.13. The molecule has 0 aliphatic heterocycles. The van der Waals surface area contributed by atoms with E-state index in [1.54, 1.807) is 13.8 Å². The van der Waals surface area contributed by atoms with E-state index in [0.29, 0.717) is 12.3 Å². The van der Waals surface area contributed by atoms with E-state index in [0.717, 1.165) is 6.33 Å². The monoisotopic (exact) mass is 377 g/mol. The Bertz CT molecular complexity index is 801. The lowest BCUT2D eigenvalue weighted by Crippen LogP contribution is -2.11. The summed E-state index contributed by atoms with van der Waals surface area (Å²) >= 11 is 5.77. The quantitative estimate of drug-likeness (QED) is 0.620. The van der Waals surface area contributed by atoms with Crippen LogP contribution in [0.5, 0.6) is 5.88 Å². The second-order valence-electron chi connectivity index (χ2n) is 4.98. The Hall–Kier alpha value is -2.69. The molecule has 0 radical (unpaired) electrons. The fourth-order valence-electron chi connectivity index (χ4n) is 1.73. The zero-order chi connectivity index (χ0) is 18.8. The van der Waals surface area contributed by atoms with Gasteiger partial charge in [0, 0.05) is 6.20 Å². The van der Waals surface area contributed by atoms with Crippen molar-refractivity contribution in [2.75, 3.05) is 5.32 Å². The molecule has 2 aromatic rings. The zero-order valence-corrected chi connectivity index (χ0v) is 13.6. The summed E-state index contributed by atoms with van der Waals surface area (Å²) in [6.07, 6.45) is -3.46. The van der Waals surface area contributed by atoms with Crippen LogP contribution in [0, 0.1) is 10.1 Å². The Morgan fingerprint density at radius 3 is 2.48 bits per heavy atom. The van der Waals surface area contributed by atoms with E-state index in [4.69, 9.17) is 16.3 Å². The summed E-state index contributed by atoms with van der Waals surface area (Å²) in [5, 5.41) is 13.3. The number of anilines is 2. The Balaban J connectivity index is 2.42. The minimum absolute atomic E-state index is 0.230. The van der Waals surface area contributed by atoms with Gasteiger partial charge in [-0.1, -0.05) is 11.6 Å². The van der Waals surface area contributed by atoms with Gasteiger partial charge in [-0.2, -0.15) is 18.2 Å². The van der Waals surface area contributed by atoms with Gasteiger partial charge in [-0.25, -0.2) is 9.97 Å². The second kappa shape index (κ2) is 7.05. The third-order valence-electron chi connectivity index (χ3n) is 2.72. The highest BCUT2D eigenvalue weighted by Gasteiger charge is 2.32. The SMILES string of the molecule is CC(C)Oc1ncnc(Nc2ncc(C(F)(F)F)cc2Cl)c1[N+](=O)[O-]. The number of hydrogen-bond donors (Lipinski definition) is 1. The van der Waals surface area contributed by atoms with Crippen LogP contribution >= 0.6 is 11.6 Å². The van der Waals surface area contributed by atoms with E-state index in [1.807, 2.05) is 0 Å². The number of nitrogens with one attached hydrogen (secondary N) is 1. The van der Waals surface area contributed by atoms with Gasteiger partial charge in [0.05, 0.1) is 21.6 Å². The summed E-state index contributed by atoms with van der Waals surface area (Å²) in [5.41, 5.74) is -1.64. The first kappa shape index (κ1) is 18.6. The fraction of sp³-hybridized carbons (Fsp3) is 0.308. The molecule has 0 atom stereocenters. The molecule has 0 saturated carbocycles. The highest BCUT2D eigenvalue weighted by atomic mass is 35.5. The van der Waals surface area contributed by atoms with Crippen LogP contribution in [0.1, 0.15) is 19.4 Å². The zero-order valence-electron chi connectivity index (χ0n) is 12.8. The number of pyridine rings is 1. The molecule has 0 fully saturated rings. The molecule has 0 amide bonds. The van der Waals surface area contributed by atoms with Crippen LogP contribution in [0.4, 0.5) is 30.5 Å². The molecule has 0 saturated heterocycles. The van der Waals surface area contributed by atoms with Crippen LogP contribution in [0.3, 0.4) is 0 Å². The summed E-state index contributed by atoms with van der Waals surface area (Å²) in [5.74, 6) is -0.836. The van der Waals surface area contributed by atoms with E-state index in [9.17, 15) is 23.3 Å². The van der Waals surface area contributed by atoms with Gasteiger partial charge in [-0.05, 0) is 19.9 Å². The molecule has 2 rings (SSSR count). The summed E-state index contributed by atoms with van der Waals surface area (Å²) in [7, 11) is 0. The lowest BCUT2D eigenvalue weighted by atomic mass is 10.3. The van der Waals surface area contributed by atoms with Crippen molar-refractivity contribution in [1.82, 2.24) is 15.0 Å². The first-order chi connectivity index (χ1) is 11.6. The number of hydrogen-bond acceptors (Lipinski definition) is 7. The molecule has 2 aromatic heterocycles. The van der Waals surface area contributed by atoms with Crippen molar-refractivity contribution in [3.05, 3.63) is 39.3 Å². The first-order valence-electron chi connectivity index (χ1n) is 6.75. The number of nitrogens with zero attached hydrogens (tertiary/aromatic N) is 4. The molecule has 2 heterocycles. The number of rotatable bonds is 5. The third-order valence-corrected chi connectivity index (χ3v) is 3.01. The summed E-state index contributed by atoms with van der Waals surface area (Å²) in [6, 6.07) is 0.648. The largest absolute Gasteiger partial charge is 0.470 e. The number of halogens is 4. The number of aromatic nitrogens is 3. The molecule has 8 nitrogen and oxygen atoms in total. The van der Waals surface area contributed by atoms with E-state index < -0.39 is 28.5 Å². The lowest BCUT2D eigenvalue weighted by molar-refractivity contribution is -0.385. The molecule has 12 heteroatoms. The van der Waals surface area contributed by atoms with Crippen molar-refractivity contribution in [3.63, 3.8) is 0 Å². The van der Waals surface area contributed by atoms with Crippen LogP contribution in [0.25, 0.3) is 0 Å². The van der Waals surface area contributed by atoms with Crippen LogP contribution in [0.15, 0.2) is 18.6 Å². The minimum Gasteiger partial charge on any atom is -0.470 e. The molecule has 134 valence electrons. The topological polar surface area (TPSA) is 103 Å². The van der Waals surface area contributed by atoms with Crippen LogP contribution in [0.2, 0.25) is 5.02 Å². The van der Waals surface area contributed by atoms with Crippen molar-refractivity contribution in [2.24, 2.45) is 0 Å². The van der Waals surface area contributed by atoms with Gasteiger partial charge in [0.2, 0.25) is 5.82 Å². The molecular weight excluding hydrogens is 367 g/mol. The van der Waals surface area contributed by atoms with Gasteiger partial charge in [0.25, 0.3) is 5.88 Å². The Morgan fingerprint density at radius 2 is 1.96 bits per heavy atom. The summed E-state index contributed by atoms with van der Waals surface area (Å²) in [4.78, 5) is 21.5. The van der Waals surface area contributed by atoms with Crippen LogP contribution < -0.4 is 10.1 Å². The highest BCUT2D eigenvalue weighted by molar-refractivity contribution is 6.33. The number of nitro groups is 1. The number of ether oxygens (including phenoxy) is 1. The van der Waals surface area contributed by atoms with Gasteiger partial charge in [-0.3, -0.25) is 10.1 Å². The van der Waals surface area contributed by atoms with Crippen molar-refractivity contribution < 1.29 is 22.8 Å². The standard InChI is InChI=1S/C13H11ClF3N5O3/c1-6(2)25-12-9(22(23)24)11(19-5-20-12)21-10-8(14)3-7(4-18-10)13(15,16)17/h3-6H,1-2H3,(H,18,19,20,21). The number of alkyl halides is 3. The maximum Gasteiger partial charge on any atom is 0.417 e. The third kappa shape index (κ3) is 4.44. The summed E-state index contributed by atoms with van der Waals surface area (Å²) in [6.45, 7) is 3.29. The second-order valence-corrected chi connectivity index (χ2v) is 5.38. The van der Waals surface area contributed by atoms with Crippen molar-refractivity contribution in [1.29, 1.82) is 0 Å². The van der Waals surface area contributed by atoms with E-state index in [2.05, 4.69) is 20.3 Å². The molecule has 0 bridgehead atoms. The van der Waals surface area contributed by atoms with Gasteiger partial charge in [0.15, 0.2) is 5.82 Å². The Kier molecular flexibility index (Phi) is 5.26. The predicted octanol–water partition coefficient (Wildman–Crippen LogP) is 3.98. The molecule has 1 N–H and O–H groups in total.